The second-order valence-corrected chi connectivity index (χ2v) is 6.37. The van der Waals surface area contributed by atoms with Crippen LogP contribution in [-0.4, -0.2) is 18.0 Å². The third kappa shape index (κ3) is 3.34. The van der Waals surface area contributed by atoms with E-state index in [1.165, 1.54) is 6.07 Å². The zero-order valence-electron chi connectivity index (χ0n) is 10.1. The minimum absolute atomic E-state index is 0.0518. The quantitative estimate of drug-likeness (QED) is 0.907. The summed E-state index contributed by atoms with van der Waals surface area (Å²) in [5, 5.41) is 5.16. The number of halogens is 1. The third-order valence-electron chi connectivity index (χ3n) is 2.50. The first kappa shape index (κ1) is 14.0. The van der Waals surface area contributed by atoms with Crippen molar-refractivity contribution in [3.8, 4) is 5.75 Å². The monoisotopic (exact) mass is 345 g/mol. The third-order valence-corrected chi connectivity index (χ3v) is 3.93. The number of sulfonamides is 1. The van der Waals surface area contributed by atoms with Crippen LogP contribution >= 0.6 is 15.9 Å². The van der Waals surface area contributed by atoms with Crippen molar-refractivity contribution in [3.63, 3.8) is 0 Å². The smallest absolute Gasteiger partial charge is 0.241 e. The Labute approximate surface area is 119 Å². The van der Waals surface area contributed by atoms with Crippen molar-refractivity contribution in [1.29, 1.82) is 0 Å². The van der Waals surface area contributed by atoms with Gasteiger partial charge in [-0.3, -0.25) is 0 Å². The summed E-state index contributed by atoms with van der Waals surface area (Å²) in [5.74, 6) is 0.215. The molecule has 0 saturated carbocycles. The van der Waals surface area contributed by atoms with Gasteiger partial charge < -0.3 is 9.30 Å². The van der Waals surface area contributed by atoms with Gasteiger partial charge in [-0.25, -0.2) is 18.5 Å². The molecule has 1 aromatic heterocycles. The molecule has 2 N–H and O–H groups in total. The maximum Gasteiger partial charge on any atom is 0.241 e. The first-order valence-electron chi connectivity index (χ1n) is 5.28. The standard InChI is InChI=1S/C11H12BrN3O3S/c1-15-7-14-5-9(15)6-18-10-3-2-8(12)4-11(10)19(13,16)17/h2-5,7H,6H2,1H3,(H2,13,16,17). The molecule has 8 heteroatoms. The van der Waals surface area contributed by atoms with Crippen LogP contribution in [0, 0.1) is 0 Å². The summed E-state index contributed by atoms with van der Waals surface area (Å²) in [6, 6.07) is 4.65. The van der Waals surface area contributed by atoms with Crippen molar-refractivity contribution in [2.75, 3.05) is 0 Å². The van der Waals surface area contributed by atoms with E-state index >= 15 is 0 Å². The Balaban J connectivity index is 2.28. The summed E-state index contributed by atoms with van der Waals surface area (Å²) >= 11 is 3.20. The van der Waals surface area contributed by atoms with Crippen LogP contribution in [0.15, 0.2) is 40.1 Å². The van der Waals surface area contributed by atoms with Gasteiger partial charge in [0.2, 0.25) is 10.0 Å². The van der Waals surface area contributed by atoms with E-state index in [9.17, 15) is 8.42 Å². The van der Waals surface area contributed by atoms with Gasteiger partial charge >= 0.3 is 0 Å². The van der Waals surface area contributed by atoms with E-state index in [0.29, 0.717) is 4.47 Å². The van der Waals surface area contributed by atoms with Crippen molar-refractivity contribution < 1.29 is 13.2 Å². The van der Waals surface area contributed by atoms with E-state index < -0.39 is 10.0 Å². The minimum Gasteiger partial charge on any atom is -0.486 e. The number of imidazole rings is 1. The zero-order chi connectivity index (χ0) is 14.0. The Morgan fingerprint density at radius 2 is 2.21 bits per heavy atom. The number of nitrogens with zero attached hydrogens (tertiary/aromatic N) is 2. The maximum atomic E-state index is 11.5. The first-order chi connectivity index (χ1) is 8.88. The predicted molar refractivity (Wildman–Crippen MR) is 73.1 cm³/mol. The van der Waals surface area contributed by atoms with Crippen LogP contribution in [0.2, 0.25) is 0 Å². The number of hydrogen-bond acceptors (Lipinski definition) is 4. The summed E-state index contributed by atoms with van der Waals surface area (Å²) in [7, 11) is -2.01. The highest BCUT2D eigenvalue weighted by Crippen LogP contribution is 2.27. The second kappa shape index (κ2) is 5.32. The van der Waals surface area contributed by atoms with Gasteiger partial charge in [0, 0.05) is 11.5 Å². The van der Waals surface area contributed by atoms with Crippen LogP contribution in [-0.2, 0) is 23.7 Å². The number of ether oxygens (including phenoxy) is 1. The summed E-state index contributed by atoms with van der Waals surface area (Å²) in [6.45, 7) is 0.209. The molecule has 0 saturated heterocycles. The van der Waals surface area contributed by atoms with Crippen LogP contribution < -0.4 is 9.88 Å². The Morgan fingerprint density at radius 3 is 2.79 bits per heavy atom. The van der Waals surface area contributed by atoms with Gasteiger partial charge in [0.25, 0.3) is 0 Å². The first-order valence-corrected chi connectivity index (χ1v) is 7.62. The summed E-state index contributed by atoms with van der Waals surface area (Å²) < 4.78 is 30.9. The number of aromatic nitrogens is 2. The number of rotatable bonds is 4. The van der Waals surface area contributed by atoms with Gasteiger partial charge in [-0.1, -0.05) is 15.9 Å². The molecule has 102 valence electrons. The number of benzene rings is 1. The van der Waals surface area contributed by atoms with Gasteiger partial charge in [-0.05, 0) is 18.2 Å². The highest BCUT2D eigenvalue weighted by atomic mass is 79.9. The number of primary sulfonamides is 1. The van der Waals surface area contributed by atoms with Crippen molar-refractivity contribution in [2.45, 2.75) is 11.5 Å². The molecule has 1 heterocycles. The lowest BCUT2D eigenvalue weighted by atomic mass is 10.3. The topological polar surface area (TPSA) is 87.2 Å². The lowest BCUT2D eigenvalue weighted by molar-refractivity contribution is 0.289. The lowest BCUT2D eigenvalue weighted by Crippen LogP contribution is -2.14. The van der Waals surface area contributed by atoms with E-state index in [4.69, 9.17) is 9.88 Å². The molecule has 2 rings (SSSR count). The fourth-order valence-corrected chi connectivity index (χ4v) is 2.71. The van der Waals surface area contributed by atoms with E-state index in [2.05, 4.69) is 20.9 Å². The van der Waals surface area contributed by atoms with E-state index in [1.54, 1.807) is 29.2 Å². The van der Waals surface area contributed by atoms with E-state index in [1.807, 2.05) is 7.05 Å². The van der Waals surface area contributed by atoms with Gasteiger partial charge in [0.05, 0.1) is 18.2 Å². The Kier molecular flexibility index (Phi) is 3.93. The molecule has 0 radical (unpaired) electrons. The molecule has 0 amide bonds. The van der Waals surface area contributed by atoms with E-state index in [0.717, 1.165) is 5.69 Å². The number of hydrogen-bond donors (Lipinski definition) is 1. The normalized spacial score (nSPS) is 11.5. The molecule has 1 aromatic carbocycles. The van der Waals surface area contributed by atoms with Gasteiger partial charge in [0.15, 0.2) is 0 Å². The molecule has 2 aromatic rings. The van der Waals surface area contributed by atoms with Crippen LogP contribution in [0.3, 0.4) is 0 Å². The van der Waals surface area contributed by atoms with E-state index in [-0.39, 0.29) is 17.3 Å². The molecule has 0 aliphatic carbocycles. The van der Waals surface area contributed by atoms with Gasteiger partial charge in [0.1, 0.15) is 17.3 Å². The highest BCUT2D eigenvalue weighted by Gasteiger charge is 2.16. The fourth-order valence-electron chi connectivity index (χ4n) is 1.50. The molecule has 0 spiro atoms. The zero-order valence-corrected chi connectivity index (χ0v) is 12.5. The summed E-state index contributed by atoms with van der Waals surface area (Å²) in [6.07, 6.45) is 3.29. The maximum absolute atomic E-state index is 11.5. The Bertz CT molecular complexity index is 697. The fraction of sp³-hybridized carbons (Fsp3) is 0.182. The molecule has 0 aliphatic heterocycles. The average molecular weight is 346 g/mol. The molecule has 0 unspecified atom stereocenters. The number of aryl methyl sites for hydroxylation is 1. The van der Waals surface area contributed by atoms with Crippen LogP contribution in [0.25, 0.3) is 0 Å². The molecular formula is C11H12BrN3O3S. The highest BCUT2D eigenvalue weighted by molar-refractivity contribution is 9.10. The number of nitrogens with two attached hydrogens (primary N) is 1. The molecule has 6 nitrogen and oxygen atoms in total. The predicted octanol–water partition coefficient (Wildman–Crippen LogP) is 1.41. The molecular weight excluding hydrogens is 334 g/mol. The average Bonchev–Trinajstić information content (AvgIpc) is 2.72. The van der Waals surface area contributed by atoms with Crippen molar-refractivity contribution in [2.24, 2.45) is 12.2 Å². The summed E-state index contributed by atoms with van der Waals surface area (Å²) in [5.41, 5.74) is 0.822. The van der Waals surface area contributed by atoms with Crippen LogP contribution in [0.4, 0.5) is 0 Å². The van der Waals surface area contributed by atoms with Gasteiger partial charge in [-0.15, -0.1) is 0 Å². The molecule has 0 fully saturated rings. The van der Waals surface area contributed by atoms with Crippen LogP contribution in [0.1, 0.15) is 5.69 Å². The minimum atomic E-state index is -3.83. The summed E-state index contributed by atoms with van der Waals surface area (Å²) in [4.78, 5) is 3.90. The van der Waals surface area contributed by atoms with Crippen molar-refractivity contribution in [3.05, 3.63) is 40.9 Å². The molecule has 0 aliphatic rings. The lowest BCUT2D eigenvalue weighted by Gasteiger charge is -2.10. The Morgan fingerprint density at radius 1 is 1.47 bits per heavy atom. The second-order valence-electron chi connectivity index (χ2n) is 3.92. The molecule has 0 bridgehead atoms. The van der Waals surface area contributed by atoms with Crippen molar-refractivity contribution >= 4 is 26.0 Å². The van der Waals surface area contributed by atoms with Crippen molar-refractivity contribution in [1.82, 2.24) is 9.55 Å². The Hall–Kier alpha value is -1.38. The van der Waals surface area contributed by atoms with Gasteiger partial charge in [-0.2, -0.15) is 0 Å². The molecule has 19 heavy (non-hydrogen) atoms. The van der Waals surface area contributed by atoms with Crippen LogP contribution in [0.5, 0.6) is 5.75 Å². The molecule has 0 atom stereocenters. The largest absolute Gasteiger partial charge is 0.486 e. The SMILES string of the molecule is Cn1cncc1COc1ccc(Br)cc1S(N)(=O)=O.